The van der Waals surface area contributed by atoms with Crippen LogP contribution in [0.25, 0.3) is 0 Å². The molecule has 0 unspecified atom stereocenters. The number of oxime groups is 1. The van der Waals surface area contributed by atoms with E-state index in [1.165, 1.54) is 57.8 Å². The molecule has 1 N–H and O–H groups in total. The summed E-state index contributed by atoms with van der Waals surface area (Å²) < 4.78 is 6.11. The topological polar surface area (TPSA) is 41.8 Å². The SMILES string of the molecule is CO[C@H]1C/C(=N\O)C[C@H]2CC[C@H]3[C@@H]4CC[C@H]([C@H](C)CCCC(C)C)[C@@]4(C)CC[C@@H]3[C@]21C. The van der Waals surface area contributed by atoms with Gasteiger partial charge in [0.2, 0.25) is 0 Å². The third-order valence-corrected chi connectivity index (χ3v) is 11.2. The Bertz CT molecular complexity index is 647. The molecule has 31 heavy (non-hydrogen) atoms. The Kier molecular flexibility index (Phi) is 6.84. The minimum Gasteiger partial charge on any atom is -0.411 e. The van der Waals surface area contributed by atoms with Crippen molar-refractivity contribution in [2.45, 2.75) is 111 Å². The van der Waals surface area contributed by atoms with E-state index in [1.54, 1.807) is 0 Å². The number of rotatable bonds is 6. The Morgan fingerprint density at radius 2 is 1.77 bits per heavy atom. The van der Waals surface area contributed by atoms with Gasteiger partial charge in [0.05, 0.1) is 11.8 Å². The van der Waals surface area contributed by atoms with Crippen LogP contribution in [0.5, 0.6) is 0 Å². The number of hydrogen-bond donors (Lipinski definition) is 1. The van der Waals surface area contributed by atoms with E-state index < -0.39 is 0 Å². The number of methoxy groups -OCH3 is 1. The molecule has 0 aliphatic heterocycles. The molecule has 0 radical (unpaired) electrons. The molecule has 178 valence electrons. The van der Waals surface area contributed by atoms with E-state index in [0.29, 0.717) is 11.3 Å². The van der Waals surface area contributed by atoms with Crippen LogP contribution in [-0.2, 0) is 4.74 Å². The molecule has 0 aromatic rings. The third-order valence-electron chi connectivity index (χ3n) is 11.2. The van der Waals surface area contributed by atoms with Crippen LogP contribution in [-0.4, -0.2) is 24.1 Å². The van der Waals surface area contributed by atoms with Crippen molar-refractivity contribution in [2.75, 3.05) is 7.11 Å². The highest BCUT2D eigenvalue weighted by molar-refractivity contribution is 5.85. The molecule has 0 aromatic carbocycles. The predicted octanol–water partition coefficient (Wildman–Crippen LogP) is 7.56. The zero-order valence-electron chi connectivity index (χ0n) is 21.2. The summed E-state index contributed by atoms with van der Waals surface area (Å²) in [6, 6.07) is 0. The second-order valence-electron chi connectivity index (χ2n) is 12.8. The van der Waals surface area contributed by atoms with E-state index in [9.17, 15) is 5.21 Å². The van der Waals surface area contributed by atoms with Crippen LogP contribution < -0.4 is 0 Å². The summed E-state index contributed by atoms with van der Waals surface area (Å²) in [5, 5.41) is 13.1. The average Bonchev–Trinajstić information content (AvgIpc) is 3.09. The van der Waals surface area contributed by atoms with E-state index in [-0.39, 0.29) is 11.5 Å². The van der Waals surface area contributed by atoms with E-state index in [4.69, 9.17) is 4.74 Å². The van der Waals surface area contributed by atoms with Gasteiger partial charge in [-0.05, 0) is 91.8 Å². The van der Waals surface area contributed by atoms with Crippen LogP contribution in [0.4, 0.5) is 0 Å². The van der Waals surface area contributed by atoms with Gasteiger partial charge in [-0.3, -0.25) is 0 Å². The quantitative estimate of drug-likeness (QED) is 0.348. The Labute approximate surface area is 191 Å². The van der Waals surface area contributed by atoms with Crippen LogP contribution in [0.3, 0.4) is 0 Å². The Morgan fingerprint density at radius 1 is 1.00 bits per heavy atom. The van der Waals surface area contributed by atoms with Crippen molar-refractivity contribution in [2.24, 2.45) is 57.4 Å². The second kappa shape index (κ2) is 8.99. The molecule has 4 aliphatic rings. The molecule has 4 fully saturated rings. The first-order chi connectivity index (χ1) is 14.8. The largest absolute Gasteiger partial charge is 0.411 e. The fraction of sp³-hybridized carbons (Fsp3) is 0.964. The minimum absolute atomic E-state index is 0.210. The van der Waals surface area contributed by atoms with Gasteiger partial charge in [0, 0.05) is 18.9 Å². The van der Waals surface area contributed by atoms with Crippen molar-refractivity contribution in [3.05, 3.63) is 0 Å². The van der Waals surface area contributed by atoms with Gasteiger partial charge in [-0.1, -0.05) is 59.0 Å². The molecule has 0 aromatic heterocycles. The molecule has 4 aliphatic carbocycles. The molecular weight excluding hydrogens is 382 g/mol. The Balaban J connectivity index is 1.51. The van der Waals surface area contributed by atoms with Crippen molar-refractivity contribution >= 4 is 5.71 Å². The maximum absolute atomic E-state index is 9.47. The monoisotopic (exact) mass is 431 g/mol. The van der Waals surface area contributed by atoms with Gasteiger partial charge in [-0.2, -0.15) is 0 Å². The summed E-state index contributed by atoms with van der Waals surface area (Å²) >= 11 is 0. The van der Waals surface area contributed by atoms with Gasteiger partial charge in [-0.15, -0.1) is 0 Å². The van der Waals surface area contributed by atoms with Gasteiger partial charge >= 0.3 is 0 Å². The van der Waals surface area contributed by atoms with Gasteiger partial charge < -0.3 is 9.94 Å². The highest BCUT2D eigenvalue weighted by Crippen LogP contribution is 2.68. The zero-order chi connectivity index (χ0) is 22.4. The number of nitrogens with zero attached hydrogens (tertiary/aromatic N) is 1. The van der Waals surface area contributed by atoms with Gasteiger partial charge in [-0.25, -0.2) is 0 Å². The average molecular weight is 432 g/mol. The number of ether oxygens (including phenoxy) is 1. The minimum atomic E-state index is 0.210. The smallest absolute Gasteiger partial charge is 0.0683 e. The lowest BCUT2D eigenvalue weighted by molar-refractivity contribution is -0.159. The second-order valence-corrected chi connectivity index (χ2v) is 12.8. The van der Waals surface area contributed by atoms with Gasteiger partial charge in [0.25, 0.3) is 0 Å². The Hall–Kier alpha value is -0.570. The van der Waals surface area contributed by atoms with Crippen LogP contribution >= 0.6 is 0 Å². The van der Waals surface area contributed by atoms with Gasteiger partial charge in [0.1, 0.15) is 0 Å². The highest BCUT2D eigenvalue weighted by Gasteiger charge is 2.62. The summed E-state index contributed by atoms with van der Waals surface area (Å²) in [5.74, 6) is 5.83. The summed E-state index contributed by atoms with van der Waals surface area (Å²) in [6.45, 7) is 12.5. The van der Waals surface area contributed by atoms with Crippen molar-refractivity contribution in [3.63, 3.8) is 0 Å². The summed E-state index contributed by atoms with van der Waals surface area (Å²) in [5.41, 5.74) is 1.76. The maximum Gasteiger partial charge on any atom is 0.0683 e. The molecule has 4 rings (SSSR count). The number of fused-ring (bicyclic) bond motifs is 5. The first-order valence-electron chi connectivity index (χ1n) is 13.5. The highest BCUT2D eigenvalue weighted by atomic mass is 16.5. The van der Waals surface area contributed by atoms with Crippen molar-refractivity contribution in [3.8, 4) is 0 Å². The van der Waals surface area contributed by atoms with Crippen LogP contribution in [0.2, 0.25) is 0 Å². The zero-order valence-corrected chi connectivity index (χ0v) is 21.2. The first kappa shape index (κ1) is 23.6. The standard InChI is InChI=1S/C28H49NO2/c1-18(2)8-7-9-19(3)23-12-13-24-22-11-10-20-16-21(29-30)17-26(31-6)28(20,5)25(22)14-15-27(23,24)4/h18-20,22-26,30H,7-17H2,1-6H3/b29-21-/t19-,20-,22+,23-,24+,25+,26+,27-,28+/m1/s1. The lowest BCUT2D eigenvalue weighted by atomic mass is 9.43. The predicted molar refractivity (Wildman–Crippen MR) is 128 cm³/mol. The molecule has 0 amide bonds. The van der Waals surface area contributed by atoms with E-state index >= 15 is 0 Å². The van der Waals surface area contributed by atoms with E-state index in [0.717, 1.165) is 54.1 Å². The molecule has 0 saturated heterocycles. The first-order valence-corrected chi connectivity index (χ1v) is 13.5. The summed E-state index contributed by atoms with van der Waals surface area (Å²) in [4.78, 5) is 0. The third kappa shape index (κ3) is 3.89. The van der Waals surface area contributed by atoms with Gasteiger partial charge in [0.15, 0.2) is 0 Å². The normalized spacial score (nSPS) is 47.1. The summed E-state index contributed by atoms with van der Waals surface area (Å²) in [6.07, 6.45) is 14.6. The Morgan fingerprint density at radius 3 is 2.45 bits per heavy atom. The van der Waals surface area contributed by atoms with Crippen LogP contribution in [0.1, 0.15) is 105 Å². The van der Waals surface area contributed by atoms with E-state index in [2.05, 4.69) is 39.8 Å². The van der Waals surface area contributed by atoms with Crippen molar-refractivity contribution in [1.29, 1.82) is 0 Å². The van der Waals surface area contributed by atoms with Crippen LogP contribution in [0.15, 0.2) is 5.16 Å². The van der Waals surface area contributed by atoms with Crippen molar-refractivity contribution < 1.29 is 9.94 Å². The molecule has 3 nitrogen and oxygen atoms in total. The summed E-state index contributed by atoms with van der Waals surface area (Å²) in [7, 11) is 1.88. The fourth-order valence-corrected chi connectivity index (χ4v) is 9.54. The van der Waals surface area contributed by atoms with E-state index in [1.807, 2.05) is 7.11 Å². The molecular formula is C28H49NO2. The molecule has 9 atom stereocenters. The number of hydrogen-bond acceptors (Lipinski definition) is 3. The fourth-order valence-electron chi connectivity index (χ4n) is 9.54. The molecule has 4 saturated carbocycles. The van der Waals surface area contributed by atoms with Crippen LogP contribution in [0, 0.1) is 52.3 Å². The molecule has 0 heterocycles. The maximum atomic E-state index is 9.47. The molecule has 0 bridgehead atoms. The lowest BCUT2D eigenvalue weighted by Crippen LogP contribution is -2.59. The molecule has 0 spiro atoms. The lowest BCUT2D eigenvalue weighted by Gasteiger charge is -2.62. The van der Waals surface area contributed by atoms with Crippen molar-refractivity contribution in [1.82, 2.24) is 0 Å². The molecule has 3 heteroatoms.